The van der Waals surface area contributed by atoms with Crippen molar-refractivity contribution >= 4 is 10.0 Å². The maximum atomic E-state index is 12.5. The molecule has 0 radical (unpaired) electrons. The third-order valence-electron chi connectivity index (χ3n) is 3.12. The van der Waals surface area contributed by atoms with Crippen LogP contribution in [0.4, 0.5) is 0 Å². The Morgan fingerprint density at radius 1 is 1.30 bits per heavy atom. The molecule has 0 unspecified atom stereocenters. The molecule has 0 saturated carbocycles. The van der Waals surface area contributed by atoms with Gasteiger partial charge in [-0.25, -0.2) is 13.1 Å². The Morgan fingerprint density at radius 2 is 2.04 bits per heavy atom. The first-order chi connectivity index (χ1) is 10.8. The number of nitrogens with one attached hydrogen (secondary N) is 1. The molecule has 0 fully saturated rings. The van der Waals surface area contributed by atoms with E-state index in [4.69, 9.17) is 9.47 Å². The van der Waals surface area contributed by atoms with Gasteiger partial charge in [-0.15, -0.1) is 5.92 Å². The van der Waals surface area contributed by atoms with Crippen LogP contribution in [-0.4, -0.2) is 34.5 Å². The van der Waals surface area contributed by atoms with E-state index in [0.717, 1.165) is 6.42 Å². The molecule has 0 heterocycles. The van der Waals surface area contributed by atoms with Gasteiger partial charge in [0.25, 0.3) is 0 Å². The van der Waals surface area contributed by atoms with Crippen molar-refractivity contribution in [1.29, 1.82) is 0 Å². The third-order valence-corrected chi connectivity index (χ3v) is 4.81. The molecular weight excluding hydrogens is 314 g/mol. The summed E-state index contributed by atoms with van der Waals surface area (Å²) in [5.74, 6) is 5.63. The zero-order chi connectivity index (χ0) is 17.3. The summed E-state index contributed by atoms with van der Waals surface area (Å²) in [6.45, 7) is 6.21. The second-order valence-electron chi connectivity index (χ2n) is 5.81. The average molecular weight is 339 g/mol. The van der Waals surface area contributed by atoms with Crippen molar-refractivity contribution in [2.45, 2.75) is 44.0 Å². The predicted molar refractivity (Wildman–Crippen MR) is 90.5 cm³/mol. The minimum absolute atomic E-state index is 0.224. The second kappa shape index (κ2) is 9.04. The highest BCUT2D eigenvalue weighted by molar-refractivity contribution is 7.89. The molecule has 1 aromatic carbocycles. The van der Waals surface area contributed by atoms with E-state index in [1.807, 2.05) is 13.8 Å². The standard InChI is InChI=1S/C17H25NO4S/c1-5-8-15-9-6-10-16(13-15)23(19,20)18-17(2,3)11-7-12-22-14-21-4/h6,9-10,13,18H,7,11-12,14H2,1-4H3. The Balaban J connectivity index is 2.72. The van der Waals surface area contributed by atoms with Crippen LogP contribution in [-0.2, 0) is 19.5 Å². The van der Waals surface area contributed by atoms with Gasteiger partial charge in [0.15, 0.2) is 0 Å². The molecule has 0 aliphatic rings. The summed E-state index contributed by atoms with van der Waals surface area (Å²) in [7, 11) is -2.02. The van der Waals surface area contributed by atoms with E-state index >= 15 is 0 Å². The number of ether oxygens (including phenoxy) is 2. The molecule has 0 atom stereocenters. The minimum Gasteiger partial charge on any atom is -0.359 e. The van der Waals surface area contributed by atoms with Gasteiger partial charge >= 0.3 is 0 Å². The average Bonchev–Trinajstić information content (AvgIpc) is 2.46. The fourth-order valence-electron chi connectivity index (χ4n) is 2.12. The van der Waals surface area contributed by atoms with Crippen molar-refractivity contribution < 1.29 is 17.9 Å². The summed E-state index contributed by atoms with van der Waals surface area (Å²) >= 11 is 0. The number of benzene rings is 1. The van der Waals surface area contributed by atoms with E-state index in [1.165, 1.54) is 0 Å². The smallest absolute Gasteiger partial charge is 0.241 e. The normalized spacial score (nSPS) is 11.8. The number of hydrogen-bond acceptors (Lipinski definition) is 4. The molecule has 1 aromatic rings. The van der Waals surface area contributed by atoms with Crippen LogP contribution in [0.15, 0.2) is 29.2 Å². The molecule has 0 aliphatic heterocycles. The summed E-state index contributed by atoms with van der Waals surface area (Å²) < 4.78 is 37.8. The lowest BCUT2D eigenvalue weighted by molar-refractivity contribution is -0.0324. The third kappa shape index (κ3) is 7.14. The van der Waals surface area contributed by atoms with Crippen LogP contribution in [0, 0.1) is 11.8 Å². The molecule has 6 heteroatoms. The topological polar surface area (TPSA) is 64.6 Å². The van der Waals surface area contributed by atoms with Gasteiger partial charge in [-0.2, -0.15) is 0 Å². The maximum Gasteiger partial charge on any atom is 0.241 e. The Bertz CT molecular complexity index is 657. The summed E-state index contributed by atoms with van der Waals surface area (Å²) in [4.78, 5) is 0.224. The van der Waals surface area contributed by atoms with Crippen molar-refractivity contribution in [3.63, 3.8) is 0 Å². The molecule has 0 saturated heterocycles. The second-order valence-corrected chi connectivity index (χ2v) is 7.49. The number of hydrogen-bond donors (Lipinski definition) is 1. The lowest BCUT2D eigenvalue weighted by Gasteiger charge is -2.26. The highest BCUT2D eigenvalue weighted by Crippen LogP contribution is 2.18. The summed E-state index contributed by atoms with van der Waals surface area (Å²) in [6.07, 6.45) is 1.39. The number of rotatable bonds is 9. The van der Waals surface area contributed by atoms with Gasteiger partial charge in [0.2, 0.25) is 10.0 Å². The maximum absolute atomic E-state index is 12.5. The summed E-state index contributed by atoms with van der Waals surface area (Å²) in [5, 5.41) is 0. The van der Waals surface area contributed by atoms with Gasteiger partial charge in [0, 0.05) is 24.8 Å². The van der Waals surface area contributed by atoms with Crippen LogP contribution in [0.2, 0.25) is 0 Å². The molecule has 1 N–H and O–H groups in total. The molecule has 0 amide bonds. The SMILES string of the molecule is CC#Cc1cccc(S(=O)(=O)NC(C)(C)CCCOCOC)c1. The first-order valence-electron chi connectivity index (χ1n) is 7.44. The molecule has 0 bridgehead atoms. The van der Waals surface area contributed by atoms with Gasteiger partial charge in [-0.05, 0) is 51.8 Å². The molecule has 1 rings (SSSR count). The van der Waals surface area contributed by atoms with Crippen molar-refractivity contribution in [3.05, 3.63) is 29.8 Å². The van der Waals surface area contributed by atoms with Gasteiger partial charge in [0.05, 0.1) is 4.90 Å². The Labute approximate surface area is 139 Å². The van der Waals surface area contributed by atoms with Crippen LogP contribution in [0.3, 0.4) is 0 Å². The van der Waals surface area contributed by atoms with Crippen LogP contribution in [0.25, 0.3) is 0 Å². The summed E-state index contributed by atoms with van der Waals surface area (Å²) in [6, 6.07) is 6.63. The van der Waals surface area contributed by atoms with Crippen LogP contribution in [0.5, 0.6) is 0 Å². The van der Waals surface area contributed by atoms with Crippen LogP contribution >= 0.6 is 0 Å². The van der Waals surface area contributed by atoms with E-state index in [9.17, 15) is 8.42 Å². The summed E-state index contributed by atoms with van der Waals surface area (Å²) in [5.41, 5.74) is 0.114. The highest BCUT2D eigenvalue weighted by atomic mass is 32.2. The largest absolute Gasteiger partial charge is 0.359 e. The molecular formula is C17H25NO4S. The molecule has 23 heavy (non-hydrogen) atoms. The molecule has 0 aromatic heterocycles. The van der Waals surface area contributed by atoms with Crippen molar-refractivity contribution in [2.24, 2.45) is 0 Å². The molecule has 5 nitrogen and oxygen atoms in total. The Kier molecular flexibility index (Phi) is 7.73. The first-order valence-corrected chi connectivity index (χ1v) is 8.92. The quantitative estimate of drug-likeness (QED) is 0.426. The van der Waals surface area contributed by atoms with Crippen LogP contribution in [0.1, 0.15) is 39.2 Å². The minimum atomic E-state index is -3.59. The fourth-order valence-corrected chi connectivity index (χ4v) is 3.60. The van der Waals surface area contributed by atoms with Crippen LogP contribution < -0.4 is 4.72 Å². The fraction of sp³-hybridized carbons (Fsp3) is 0.529. The van der Waals surface area contributed by atoms with Gasteiger partial charge in [-0.3, -0.25) is 0 Å². The monoisotopic (exact) mass is 339 g/mol. The van der Waals surface area contributed by atoms with Gasteiger partial charge in [-0.1, -0.05) is 12.0 Å². The predicted octanol–water partition coefficient (Wildman–Crippen LogP) is 2.52. The zero-order valence-electron chi connectivity index (χ0n) is 14.2. The Morgan fingerprint density at radius 3 is 2.70 bits per heavy atom. The highest BCUT2D eigenvalue weighted by Gasteiger charge is 2.25. The molecule has 0 spiro atoms. The van der Waals surface area contributed by atoms with Crippen molar-refractivity contribution in [3.8, 4) is 11.8 Å². The van der Waals surface area contributed by atoms with E-state index in [2.05, 4.69) is 16.6 Å². The van der Waals surface area contributed by atoms with E-state index in [1.54, 1.807) is 38.3 Å². The molecule has 128 valence electrons. The lowest BCUT2D eigenvalue weighted by atomic mass is 10.0. The van der Waals surface area contributed by atoms with Crippen molar-refractivity contribution in [1.82, 2.24) is 4.72 Å². The van der Waals surface area contributed by atoms with E-state index < -0.39 is 15.6 Å². The van der Waals surface area contributed by atoms with Crippen molar-refractivity contribution in [2.75, 3.05) is 20.5 Å². The Hall–Kier alpha value is -1.39. The van der Waals surface area contributed by atoms with E-state index in [0.29, 0.717) is 18.6 Å². The van der Waals surface area contributed by atoms with Gasteiger partial charge < -0.3 is 9.47 Å². The number of methoxy groups -OCH3 is 1. The van der Waals surface area contributed by atoms with E-state index in [-0.39, 0.29) is 11.7 Å². The van der Waals surface area contributed by atoms with Gasteiger partial charge in [0.1, 0.15) is 6.79 Å². The molecule has 0 aliphatic carbocycles. The number of sulfonamides is 1. The lowest BCUT2D eigenvalue weighted by Crippen LogP contribution is -2.43. The zero-order valence-corrected chi connectivity index (χ0v) is 15.0. The first kappa shape index (κ1) is 19.7.